The zero-order chi connectivity index (χ0) is 24.7. The van der Waals surface area contributed by atoms with Gasteiger partial charge in [-0.1, -0.05) is 84.9 Å². The van der Waals surface area contributed by atoms with Crippen molar-refractivity contribution >= 4 is 54.4 Å². The van der Waals surface area contributed by atoms with Gasteiger partial charge in [0.15, 0.2) is 0 Å². The first-order valence-corrected chi connectivity index (χ1v) is 12.7. The van der Waals surface area contributed by atoms with Gasteiger partial charge in [0.2, 0.25) is 0 Å². The van der Waals surface area contributed by atoms with Crippen LogP contribution in [0.25, 0.3) is 54.4 Å². The Morgan fingerprint density at radius 1 is 0.432 bits per heavy atom. The van der Waals surface area contributed by atoms with E-state index in [2.05, 4.69) is 132 Å². The van der Waals surface area contributed by atoms with E-state index in [0.29, 0.717) is 0 Å². The molecule has 0 bridgehead atoms. The monoisotopic (exact) mass is 476 g/mol. The lowest BCUT2D eigenvalue weighted by Crippen LogP contribution is -2.20. The Bertz CT molecular complexity index is 1880. The molecule has 0 aliphatic carbocycles. The van der Waals surface area contributed by atoms with Crippen LogP contribution in [0.15, 0.2) is 109 Å². The van der Waals surface area contributed by atoms with Crippen molar-refractivity contribution in [3.8, 4) is 0 Å². The minimum Gasteiger partial charge on any atom is -0.232 e. The second-order valence-corrected chi connectivity index (χ2v) is 10.4. The van der Waals surface area contributed by atoms with Crippen LogP contribution in [0.5, 0.6) is 0 Å². The van der Waals surface area contributed by atoms with E-state index in [1.165, 1.54) is 32.3 Å². The lowest BCUT2D eigenvalue weighted by molar-refractivity contribution is 0.584. The molecular formula is C33H24N4. The highest BCUT2D eigenvalue weighted by Gasteiger charge is 2.31. The summed E-state index contributed by atoms with van der Waals surface area (Å²) in [5, 5.41) is 17.7. The predicted octanol–water partition coefficient (Wildman–Crippen LogP) is 7.92. The average Bonchev–Trinajstić information content (AvgIpc) is 3.61. The van der Waals surface area contributed by atoms with Gasteiger partial charge in [0.1, 0.15) is 0 Å². The Kier molecular flexibility index (Phi) is 3.97. The molecule has 4 aromatic carbocycles. The van der Waals surface area contributed by atoms with Crippen molar-refractivity contribution in [2.45, 2.75) is 19.3 Å². The predicted molar refractivity (Wildman–Crippen MR) is 153 cm³/mol. The highest BCUT2D eigenvalue weighted by Crippen LogP contribution is 2.37. The topological polar surface area (TPSA) is 34.6 Å². The number of hydrogen-bond acceptors (Lipinski definition) is 2. The SMILES string of the molecule is CC(C)(c1cc2c3ccccc3c3ccccc3n2n1)c1cc2c3ccccc3c3ccccc3n2n1. The number of hydrogen-bond donors (Lipinski definition) is 0. The molecule has 0 aliphatic heterocycles. The van der Waals surface area contributed by atoms with Crippen LogP contribution in [0.1, 0.15) is 25.2 Å². The summed E-state index contributed by atoms with van der Waals surface area (Å²) in [6.07, 6.45) is 0. The largest absolute Gasteiger partial charge is 0.232 e. The number of rotatable bonds is 2. The first-order chi connectivity index (χ1) is 18.1. The smallest absolute Gasteiger partial charge is 0.0752 e. The number of aromatic nitrogens is 4. The summed E-state index contributed by atoms with van der Waals surface area (Å²) in [7, 11) is 0. The van der Waals surface area contributed by atoms with E-state index in [1.54, 1.807) is 0 Å². The molecule has 4 heteroatoms. The molecule has 4 aromatic heterocycles. The molecule has 0 fully saturated rings. The molecule has 0 spiro atoms. The van der Waals surface area contributed by atoms with Crippen LogP contribution in [-0.2, 0) is 5.41 Å². The molecule has 0 N–H and O–H groups in total. The maximum atomic E-state index is 5.20. The van der Waals surface area contributed by atoms with E-state index >= 15 is 0 Å². The number of para-hydroxylation sites is 2. The Balaban J connectivity index is 1.42. The summed E-state index contributed by atoms with van der Waals surface area (Å²) in [4.78, 5) is 0. The van der Waals surface area contributed by atoms with Crippen LogP contribution in [0, 0.1) is 0 Å². The van der Waals surface area contributed by atoms with Crippen LogP contribution >= 0.6 is 0 Å². The molecule has 0 unspecified atom stereocenters. The third kappa shape index (κ3) is 2.73. The van der Waals surface area contributed by atoms with Crippen molar-refractivity contribution < 1.29 is 0 Å². The van der Waals surface area contributed by atoms with Crippen LogP contribution in [0.4, 0.5) is 0 Å². The van der Waals surface area contributed by atoms with Crippen molar-refractivity contribution in [3.63, 3.8) is 0 Å². The summed E-state index contributed by atoms with van der Waals surface area (Å²) in [5.74, 6) is 0. The zero-order valence-electron chi connectivity index (χ0n) is 20.7. The molecule has 4 heterocycles. The lowest BCUT2D eigenvalue weighted by Gasteiger charge is -2.19. The molecule has 0 radical (unpaired) electrons. The number of pyridine rings is 2. The fourth-order valence-electron chi connectivity index (χ4n) is 5.91. The van der Waals surface area contributed by atoms with Crippen molar-refractivity contribution in [2.24, 2.45) is 0 Å². The normalized spacial score (nSPS) is 12.6. The average molecular weight is 477 g/mol. The number of nitrogens with zero attached hydrogens (tertiary/aromatic N) is 4. The molecule has 4 nitrogen and oxygen atoms in total. The fraction of sp³-hybridized carbons (Fsp3) is 0.0909. The summed E-state index contributed by atoms with van der Waals surface area (Å²) < 4.78 is 4.21. The van der Waals surface area contributed by atoms with Crippen molar-refractivity contribution in [1.29, 1.82) is 0 Å². The van der Waals surface area contributed by atoms with E-state index in [1.807, 2.05) is 0 Å². The zero-order valence-corrected chi connectivity index (χ0v) is 20.7. The second-order valence-electron chi connectivity index (χ2n) is 10.4. The lowest BCUT2D eigenvalue weighted by atomic mass is 9.85. The maximum absolute atomic E-state index is 5.20. The maximum Gasteiger partial charge on any atom is 0.0752 e. The first-order valence-electron chi connectivity index (χ1n) is 12.7. The number of benzene rings is 4. The Morgan fingerprint density at radius 2 is 0.757 bits per heavy atom. The Labute approximate surface area is 213 Å². The molecule has 8 aromatic rings. The van der Waals surface area contributed by atoms with Crippen molar-refractivity contribution in [1.82, 2.24) is 19.2 Å². The second kappa shape index (κ2) is 7.17. The van der Waals surface area contributed by atoms with Gasteiger partial charge in [-0.2, -0.15) is 10.2 Å². The molecule has 0 amide bonds. The fourth-order valence-corrected chi connectivity index (χ4v) is 5.91. The van der Waals surface area contributed by atoms with E-state index in [0.717, 1.165) is 33.5 Å². The molecule has 8 rings (SSSR count). The van der Waals surface area contributed by atoms with Crippen molar-refractivity contribution in [3.05, 3.63) is 121 Å². The van der Waals surface area contributed by atoms with E-state index in [4.69, 9.17) is 10.2 Å². The van der Waals surface area contributed by atoms with Gasteiger partial charge in [0, 0.05) is 21.5 Å². The van der Waals surface area contributed by atoms with E-state index < -0.39 is 5.41 Å². The Hall–Kier alpha value is -4.70. The summed E-state index contributed by atoms with van der Waals surface area (Å²) in [6, 6.07) is 38.7. The quantitative estimate of drug-likeness (QED) is 0.238. The van der Waals surface area contributed by atoms with Crippen LogP contribution < -0.4 is 0 Å². The molecular weight excluding hydrogens is 452 g/mol. The summed E-state index contributed by atoms with van der Waals surface area (Å²) in [5.41, 5.74) is 6.09. The van der Waals surface area contributed by atoms with Gasteiger partial charge in [-0.25, -0.2) is 9.03 Å². The van der Waals surface area contributed by atoms with Crippen LogP contribution in [0.2, 0.25) is 0 Å². The van der Waals surface area contributed by atoms with Gasteiger partial charge < -0.3 is 0 Å². The molecule has 37 heavy (non-hydrogen) atoms. The van der Waals surface area contributed by atoms with Crippen LogP contribution in [0.3, 0.4) is 0 Å². The third-order valence-corrected chi connectivity index (χ3v) is 7.95. The molecule has 0 atom stereocenters. The van der Waals surface area contributed by atoms with E-state index in [9.17, 15) is 0 Å². The third-order valence-electron chi connectivity index (χ3n) is 7.95. The highest BCUT2D eigenvalue weighted by molar-refractivity contribution is 6.13. The minimum atomic E-state index is -0.400. The van der Waals surface area contributed by atoms with Gasteiger partial charge in [0.05, 0.1) is 38.9 Å². The number of fused-ring (bicyclic) bond motifs is 12. The molecule has 0 saturated carbocycles. The minimum absolute atomic E-state index is 0.400. The highest BCUT2D eigenvalue weighted by atomic mass is 15.3. The standard InChI is InChI=1S/C33H24N4/c1-33(2,31-19-29-25-15-5-3-11-21(25)23-13-7-9-17-27(23)36(29)34-31)32-20-30-26-16-6-4-12-22(26)24-14-8-10-18-28(24)37(30)35-32/h3-20H,1-2H3. The summed E-state index contributed by atoms with van der Waals surface area (Å²) >= 11 is 0. The van der Waals surface area contributed by atoms with E-state index in [-0.39, 0.29) is 0 Å². The van der Waals surface area contributed by atoms with Gasteiger partial charge in [-0.15, -0.1) is 0 Å². The van der Waals surface area contributed by atoms with Gasteiger partial charge in [-0.3, -0.25) is 0 Å². The van der Waals surface area contributed by atoms with Gasteiger partial charge >= 0.3 is 0 Å². The molecule has 0 aliphatic rings. The molecule has 0 saturated heterocycles. The van der Waals surface area contributed by atoms with Crippen molar-refractivity contribution in [2.75, 3.05) is 0 Å². The first kappa shape index (κ1) is 20.5. The molecule has 176 valence electrons. The van der Waals surface area contributed by atoms with Crippen LogP contribution in [-0.4, -0.2) is 19.2 Å². The van der Waals surface area contributed by atoms with Gasteiger partial charge in [-0.05, 0) is 48.9 Å². The van der Waals surface area contributed by atoms with Gasteiger partial charge in [0.25, 0.3) is 0 Å². The summed E-state index contributed by atoms with van der Waals surface area (Å²) in [6.45, 7) is 4.45. The Morgan fingerprint density at radius 3 is 1.16 bits per heavy atom.